The molecule has 0 aliphatic carbocycles. The molecule has 144 valence electrons. The molecule has 0 spiro atoms. The van der Waals surface area contributed by atoms with E-state index in [1.54, 1.807) is 6.92 Å². The lowest BCUT2D eigenvalue weighted by atomic mass is 9.97. The highest BCUT2D eigenvalue weighted by Crippen LogP contribution is 2.35. The molecule has 3 aromatic rings. The fraction of sp³-hybridized carbons (Fsp3) is 0.158. The first-order valence-corrected chi connectivity index (χ1v) is 10.3. The van der Waals surface area contributed by atoms with Crippen LogP contribution in [0.1, 0.15) is 22.6 Å². The van der Waals surface area contributed by atoms with Crippen molar-refractivity contribution < 1.29 is 4.79 Å². The van der Waals surface area contributed by atoms with E-state index < -0.39 is 0 Å². The van der Waals surface area contributed by atoms with Gasteiger partial charge in [-0.15, -0.1) is 22.0 Å². The number of pyridine rings is 1. The SMILES string of the molecule is Cc1nnc(NC(=O)CCSc2nc(N)c(C#N)c(-c3ccccc3)c2C#N)s1. The Balaban J connectivity index is 1.81. The maximum Gasteiger partial charge on any atom is 0.227 e. The minimum Gasteiger partial charge on any atom is -0.383 e. The molecule has 1 amide bonds. The van der Waals surface area contributed by atoms with Crippen molar-refractivity contribution in [3.8, 4) is 23.3 Å². The van der Waals surface area contributed by atoms with Gasteiger partial charge in [-0.25, -0.2) is 4.98 Å². The van der Waals surface area contributed by atoms with Crippen molar-refractivity contribution in [1.82, 2.24) is 15.2 Å². The van der Waals surface area contributed by atoms with Crippen molar-refractivity contribution in [3.63, 3.8) is 0 Å². The predicted octanol–water partition coefficient (Wildman–Crippen LogP) is 3.35. The zero-order valence-corrected chi connectivity index (χ0v) is 17.0. The lowest BCUT2D eigenvalue weighted by Gasteiger charge is -2.12. The van der Waals surface area contributed by atoms with Crippen LogP contribution < -0.4 is 11.1 Å². The average molecular weight is 422 g/mol. The molecule has 0 radical (unpaired) electrons. The van der Waals surface area contributed by atoms with Gasteiger partial charge < -0.3 is 11.1 Å². The number of aromatic nitrogens is 3. The van der Waals surface area contributed by atoms with Crippen molar-refractivity contribution in [2.24, 2.45) is 0 Å². The van der Waals surface area contributed by atoms with E-state index >= 15 is 0 Å². The van der Waals surface area contributed by atoms with Crippen LogP contribution in [0.5, 0.6) is 0 Å². The Morgan fingerprint density at radius 1 is 1.21 bits per heavy atom. The van der Waals surface area contributed by atoms with E-state index in [0.29, 0.717) is 27.0 Å². The van der Waals surface area contributed by atoms with E-state index in [-0.39, 0.29) is 29.3 Å². The number of nitrogen functional groups attached to an aromatic ring is 1. The first kappa shape index (κ1) is 20.3. The van der Waals surface area contributed by atoms with Crippen LogP contribution in [0.15, 0.2) is 35.4 Å². The number of benzene rings is 1. The number of carbonyl (C=O) groups excluding carboxylic acids is 1. The topological polar surface area (TPSA) is 141 Å². The second kappa shape index (κ2) is 9.15. The van der Waals surface area contributed by atoms with Crippen LogP contribution >= 0.6 is 23.1 Å². The smallest absolute Gasteiger partial charge is 0.227 e. The molecule has 2 aromatic heterocycles. The number of amides is 1. The maximum atomic E-state index is 12.1. The summed E-state index contributed by atoms with van der Waals surface area (Å²) in [7, 11) is 0. The van der Waals surface area contributed by atoms with Crippen molar-refractivity contribution in [3.05, 3.63) is 46.5 Å². The standard InChI is InChI=1S/C19H15N7OS2/c1-11-25-26-19(29-11)23-15(27)7-8-28-18-14(10-21)16(12-5-3-2-4-6-12)13(9-20)17(22)24-18/h2-6H,7-8H2,1H3,(H2,22,24)(H,23,26,27). The summed E-state index contributed by atoms with van der Waals surface area (Å²) in [6.07, 6.45) is 0.191. The Kier molecular flexibility index (Phi) is 6.39. The highest BCUT2D eigenvalue weighted by molar-refractivity contribution is 7.99. The molecule has 0 saturated heterocycles. The third-order valence-electron chi connectivity index (χ3n) is 3.82. The molecule has 3 N–H and O–H groups in total. The predicted molar refractivity (Wildman–Crippen MR) is 112 cm³/mol. The number of nitrogens with zero attached hydrogens (tertiary/aromatic N) is 5. The minimum atomic E-state index is -0.211. The lowest BCUT2D eigenvalue weighted by Crippen LogP contribution is -2.12. The van der Waals surface area contributed by atoms with Gasteiger partial charge in [-0.3, -0.25) is 4.79 Å². The summed E-state index contributed by atoms with van der Waals surface area (Å²) < 4.78 is 0. The van der Waals surface area contributed by atoms with E-state index in [4.69, 9.17) is 5.73 Å². The lowest BCUT2D eigenvalue weighted by molar-refractivity contribution is -0.115. The van der Waals surface area contributed by atoms with Crippen LogP contribution in [-0.4, -0.2) is 26.8 Å². The molecule has 3 rings (SSSR count). The zero-order valence-electron chi connectivity index (χ0n) is 15.3. The molecule has 1 aromatic carbocycles. The molecule has 8 nitrogen and oxygen atoms in total. The molecule has 0 fully saturated rings. The average Bonchev–Trinajstić information content (AvgIpc) is 3.12. The van der Waals surface area contributed by atoms with Crippen LogP contribution in [0.25, 0.3) is 11.1 Å². The number of hydrogen-bond donors (Lipinski definition) is 2. The molecular weight excluding hydrogens is 406 g/mol. The Morgan fingerprint density at radius 2 is 1.93 bits per heavy atom. The number of rotatable bonds is 6. The number of aryl methyl sites for hydroxylation is 1. The van der Waals surface area contributed by atoms with Gasteiger partial charge in [0.25, 0.3) is 0 Å². The van der Waals surface area contributed by atoms with E-state index in [1.165, 1.54) is 23.1 Å². The number of thioether (sulfide) groups is 1. The van der Waals surface area contributed by atoms with Gasteiger partial charge in [0, 0.05) is 17.7 Å². The van der Waals surface area contributed by atoms with Crippen molar-refractivity contribution in [1.29, 1.82) is 10.5 Å². The Bertz CT molecular complexity index is 1130. The summed E-state index contributed by atoms with van der Waals surface area (Å²) in [6.45, 7) is 1.80. The van der Waals surface area contributed by atoms with Gasteiger partial charge in [-0.2, -0.15) is 10.5 Å². The first-order valence-electron chi connectivity index (χ1n) is 8.45. The summed E-state index contributed by atoms with van der Waals surface area (Å²) in [5.74, 6) is 0.226. The van der Waals surface area contributed by atoms with E-state index in [0.717, 1.165) is 5.01 Å². The van der Waals surface area contributed by atoms with Gasteiger partial charge in [0.05, 0.1) is 5.56 Å². The number of nitrogens with one attached hydrogen (secondary N) is 1. The summed E-state index contributed by atoms with van der Waals surface area (Å²) in [6, 6.07) is 13.3. The summed E-state index contributed by atoms with van der Waals surface area (Å²) >= 11 is 2.54. The van der Waals surface area contributed by atoms with Crippen LogP contribution in [0.4, 0.5) is 10.9 Å². The van der Waals surface area contributed by atoms with E-state index in [1.807, 2.05) is 36.4 Å². The second-order valence-corrected chi connectivity index (χ2v) is 8.05. The largest absolute Gasteiger partial charge is 0.383 e. The van der Waals surface area contributed by atoms with Gasteiger partial charge >= 0.3 is 0 Å². The van der Waals surface area contributed by atoms with Gasteiger partial charge in [0.1, 0.15) is 33.6 Å². The van der Waals surface area contributed by atoms with Crippen molar-refractivity contribution in [2.45, 2.75) is 18.4 Å². The summed E-state index contributed by atoms with van der Waals surface area (Å²) in [5, 5.41) is 31.2. The molecule has 29 heavy (non-hydrogen) atoms. The highest BCUT2D eigenvalue weighted by Gasteiger charge is 2.20. The van der Waals surface area contributed by atoms with Crippen molar-refractivity contribution >= 4 is 40.0 Å². The Morgan fingerprint density at radius 3 is 2.55 bits per heavy atom. The van der Waals surface area contributed by atoms with E-state index in [9.17, 15) is 15.3 Å². The number of nitrogens with two attached hydrogens (primary N) is 1. The Hall–Kier alpha value is -3.47. The molecule has 2 heterocycles. The number of nitriles is 2. The molecule has 0 atom stereocenters. The molecule has 0 unspecified atom stereocenters. The fourth-order valence-corrected chi connectivity index (χ4v) is 4.11. The van der Waals surface area contributed by atoms with Gasteiger partial charge in [-0.05, 0) is 12.5 Å². The van der Waals surface area contributed by atoms with Gasteiger partial charge in [-0.1, -0.05) is 41.7 Å². The van der Waals surface area contributed by atoms with Gasteiger partial charge in [0.15, 0.2) is 0 Å². The van der Waals surface area contributed by atoms with Crippen LogP contribution in [0, 0.1) is 29.6 Å². The Labute approximate surface area is 175 Å². The second-order valence-electron chi connectivity index (χ2n) is 5.79. The number of anilines is 2. The third kappa shape index (κ3) is 4.69. The summed E-state index contributed by atoms with van der Waals surface area (Å²) in [4.78, 5) is 16.3. The first-order chi connectivity index (χ1) is 14.0. The third-order valence-corrected chi connectivity index (χ3v) is 5.55. The van der Waals surface area contributed by atoms with Crippen LogP contribution in [0.3, 0.4) is 0 Å². The quantitative estimate of drug-likeness (QED) is 0.577. The molecule has 10 heteroatoms. The van der Waals surface area contributed by atoms with Crippen LogP contribution in [-0.2, 0) is 4.79 Å². The monoisotopic (exact) mass is 421 g/mol. The van der Waals surface area contributed by atoms with Crippen LogP contribution in [0.2, 0.25) is 0 Å². The molecular formula is C19H15N7OS2. The normalized spacial score (nSPS) is 10.2. The van der Waals surface area contributed by atoms with Crippen molar-refractivity contribution in [2.75, 3.05) is 16.8 Å². The molecule has 0 bridgehead atoms. The number of carbonyl (C=O) groups is 1. The fourth-order valence-electron chi connectivity index (χ4n) is 2.57. The number of hydrogen-bond acceptors (Lipinski definition) is 9. The molecule has 0 saturated carbocycles. The van der Waals surface area contributed by atoms with Gasteiger partial charge in [0.2, 0.25) is 11.0 Å². The maximum absolute atomic E-state index is 12.1. The highest BCUT2D eigenvalue weighted by atomic mass is 32.2. The van der Waals surface area contributed by atoms with E-state index in [2.05, 4.69) is 26.6 Å². The zero-order chi connectivity index (χ0) is 20.8. The summed E-state index contributed by atoms with van der Waals surface area (Å²) in [5.41, 5.74) is 7.59. The minimum absolute atomic E-state index is 0.0571. The molecule has 0 aliphatic rings. The molecule has 0 aliphatic heterocycles.